The first-order valence-electron chi connectivity index (χ1n) is 5.68. The lowest BCUT2D eigenvalue weighted by molar-refractivity contribution is -0.137. The van der Waals surface area contributed by atoms with Crippen molar-refractivity contribution in [3.05, 3.63) is 40.1 Å². The maximum Gasteiger partial charge on any atom is 0.417 e. The van der Waals surface area contributed by atoms with Crippen LogP contribution >= 0.6 is 11.6 Å². The van der Waals surface area contributed by atoms with Crippen molar-refractivity contribution in [2.75, 3.05) is 7.11 Å². The highest BCUT2D eigenvalue weighted by Crippen LogP contribution is 2.42. The summed E-state index contributed by atoms with van der Waals surface area (Å²) in [5.74, 6) is -0.804. The van der Waals surface area contributed by atoms with Crippen LogP contribution in [0.15, 0.2) is 22.7 Å². The van der Waals surface area contributed by atoms with Crippen LogP contribution in [0.5, 0.6) is 0 Å². The molecule has 1 aromatic carbocycles. The van der Waals surface area contributed by atoms with Crippen LogP contribution in [-0.2, 0) is 10.9 Å². The van der Waals surface area contributed by atoms with Crippen LogP contribution in [0.25, 0.3) is 11.3 Å². The van der Waals surface area contributed by atoms with E-state index in [0.29, 0.717) is 0 Å². The van der Waals surface area contributed by atoms with E-state index in [1.54, 1.807) is 0 Å². The molecule has 0 fully saturated rings. The van der Waals surface area contributed by atoms with Crippen LogP contribution in [0.2, 0.25) is 5.02 Å². The second kappa shape index (κ2) is 5.40. The maximum absolute atomic E-state index is 13.1. The minimum atomic E-state index is -4.65. The molecule has 0 N–H and O–H groups in total. The van der Waals surface area contributed by atoms with Gasteiger partial charge in [0.05, 0.1) is 17.7 Å². The Balaban J connectivity index is 2.77. The van der Waals surface area contributed by atoms with Crippen LogP contribution in [0.4, 0.5) is 13.2 Å². The van der Waals surface area contributed by atoms with Gasteiger partial charge >= 0.3 is 12.1 Å². The number of hydrogen-bond donors (Lipinski definition) is 0. The first kappa shape index (κ1) is 15.4. The Labute approximate surface area is 122 Å². The van der Waals surface area contributed by atoms with Crippen molar-refractivity contribution in [3.8, 4) is 11.3 Å². The number of carbonyl (C=O) groups excluding carboxylic acids is 1. The number of benzene rings is 1. The first-order chi connectivity index (χ1) is 9.77. The number of esters is 1. The monoisotopic (exact) mass is 319 g/mol. The number of ether oxygens (including phenoxy) is 1. The van der Waals surface area contributed by atoms with E-state index in [1.807, 2.05) is 0 Å². The summed E-state index contributed by atoms with van der Waals surface area (Å²) < 4.78 is 48.7. The van der Waals surface area contributed by atoms with E-state index in [1.165, 1.54) is 19.1 Å². The lowest BCUT2D eigenvalue weighted by Crippen LogP contribution is -2.10. The zero-order valence-corrected chi connectivity index (χ0v) is 11.7. The van der Waals surface area contributed by atoms with E-state index in [-0.39, 0.29) is 22.0 Å². The molecule has 0 amide bonds. The average molecular weight is 320 g/mol. The summed E-state index contributed by atoms with van der Waals surface area (Å²) in [7, 11) is 1.11. The zero-order valence-electron chi connectivity index (χ0n) is 10.9. The fraction of sp³-hybridized carbons (Fsp3) is 0.231. The molecule has 8 heteroatoms. The van der Waals surface area contributed by atoms with Gasteiger partial charge in [-0.25, -0.2) is 4.79 Å². The van der Waals surface area contributed by atoms with Crippen molar-refractivity contribution in [1.82, 2.24) is 5.16 Å². The molecule has 2 aromatic rings. The molecule has 0 radical (unpaired) electrons. The molecule has 0 saturated heterocycles. The molecular weight excluding hydrogens is 311 g/mol. The number of nitrogens with zero attached hydrogens (tertiary/aromatic N) is 1. The molecule has 0 aliphatic carbocycles. The molecule has 2 rings (SSSR count). The van der Waals surface area contributed by atoms with Gasteiger partial charge in [0.25, 0.3) is 0 Å². The number of halogens is 4. The number of methoxy groups -OCH3 is 1. The summed E-state index contributed by atoms with van der Waals surface area (Å²) in [6.07, 6.45) is -4.65. The van der Waals surface area contributed by atoms with Crippen LogP contribution in [0, 0.1) is 6.92 Å². The quantitative estimate of drug-likeness (QED) is 0.782. The Morgan fingerprint density at radius 2 is 2.05 bits per heavy atom. The van der Waals surface area contributed by atoms with Crippen molar-refractivity contribution in [3.63, 3.8) is 0 Å². The Morgan fingerprint density at radius 3 is 2.62 bits per heavy atom. The van der Waals surface area contributed by atoms with Crippen molar-refractivity contribution < 1.29 is 27.2 Å². The molecule has 0 aliphatic rings. The molecule has 0 aliphatic heterocycles. The van der Waals surface area contributed by atoms with Gasteiger partial charge < -0.3 is 9.26 Å². The van der Waals surface area contributed by atoms with Crippen LogP contribution in [-0.4, -0.2) is 18.2 Å². The molecule has 1 aromatic heterocycles. The summed E-state index contributed by atoms with van der Waals surface area (Å²) in [5, 5.41) is 3.34. The molecular formula is C13H9ClF3NO3. The summed E-state index contributed by atoms with van der Waals surface area (Å²) in [5.41, 5.74) is -1.90. The van der Waals surface area contributed by atoms with Crippen LogP contribution < -0.4 is 0 Å². The van der Waals surface area contributed by atoms with Crippen molar-refractivity contribution >= 4 is 17.6 Å². The van der Waals surface area contributed by atoms with E-state index < -0.39 is 23.3 Å². The number of alkyl halides is 3. The number of hydrogen-bond acceptors (Lipinski definition) is 4. The number of aromatic nitrogens is 1. The third-order valence-electron chi connectivity index (χ3n) is 2.81. The second-order valence-electron chi connectivity index (χ2n) is 4.11. The third-order valence-corrected chi connectivity index (χ3v) is 3.12. The van der Waals surface area contributed by atoms with E-state index >= 15 is 0 Å². The van der Waals surface area contributed by atoms with E-state index in [4.69, 9.17) is 16.1 Å². The SMILES string of the molecule is COC(=O)c1c(-c2c(Cl)cccc2C(F)(F)F)noc1C. The third kappa shape index (κ3) is 2.73. The number of aryl methyl sites for hydroxylation is 1. The Hall–Kier alpha value is -2.02. The molecule has 21 heavy (non-hydrogen) atoms. The van der Waals surface area contributed by atoms with Crippen molar-refractivity contribution in [1.29, 1.82) is 0 Å². The van der Waals surface area contributed by atoms with Gasteiger partial charge in [0.2, 0.25) is 0 Å². The number of rotatable bonds is 2. The summed E-state index contributed by atoms with van der Waals surface area (Å²) in [6.45, 7) is 1.40. The fourth-order valence-electron chi connectivity index (χ4n) is 1.89. The van der Waals surface area contributed by atoms with Crippen molar-refractivity contribution in [2.24, 2.45) is 0 Å². The summed E-state index contributed by atoms with van der Waals surface area (Å²) in [6, 6.07) is 3.29. The lowest BCUT2D eigenvalue weighted by Gasteiger charge is -2.13. The first-order valence-corrected chi connectivity index (χ1v) is 6.05. The fourth-order valence-corrected chi connectivity index (χ4v) is 2.15. The topological polar surface area (TPSA) is 52.3 Å². The minimum Gasteiger partial charge on any atom is -0.465 e. The maximum atomic E-state index is 13.1. The Kier molecular flexibility index (Phi) is 3.95. The van der Waals surface area contributed by atoms with E-state index in [9.17, 15) is 18.0 Å². The van der Waals surface area contributed by atoms with Gasteiger partial charge in [-0.3, -0.25) is 0 Å². The van der Waals surface area contributed by atoms with Gasteiger partial charge in [-0.1, -0.05) is 22.8 Å². The molecule has 0 bridgehead atoms. The summed E-state index contributed by atoms with van der Waals surface area (Å²) >= 11 is 5.87. The van der Waals surface area contributed by atoms with E-state index in [2.05, 4.69) is 9.89 Å². The molecule has 1 heterocycles. The molecule has 0 atom stereocenters. The second-order valence-corrected chi connectivity index (χ2v) is 4.52. The van der Waals surface area contributed by atoms with Gasteiger partial charge in [0, 0.05) is 5.56 Å². The lowest BCUT2D eigenvalue weighted by atomic mass is 10.00. The smallest absolute Gasteiger partial charge is 0.417 e. The molecule has 112 valence electrons. The predicted octanol–water partition coefficient (Wildman–Crippen LogP) is 4.11. The highest BCUT2D eigenvalue weighted by Gasteiger charge is 2.37. The minimum absolute atomic E-state index is 0.0462. The van der Waals surface area contributed by atoms with Gasteiger partial charge in [0.15, 0.2) is 0 Å². The molecule has 4 nitrogen and oxygen atoms in total. The normalized spacial score (nSPS) is 11.5. The van der Waals surface area contributed by atoms with Gasteiger partial charge in [-0.2, -0.15) is 13.2 Å². The Bertz CT molecular complexity index is 694. The molecule has 0 unspecified atom stereocenters. The van der Waals surface area contributed by atoms with Gasteiger partial charge in [0.1, 0.15) is 17.0 Å². The molecule has 0 saturated carbocycles. The molecule has 0 spiro atoms. The predicted molar refractivity (Wildman–Crippen MR) is 68.0 cm³/mol. The zero-order chi connectivity index (χ0) is 15.8. The van der Waals surface area contributed by atoms with Gasteiger partial charge in [-0.15, -0.1) is 0 Å². The van der Waals surface area contributed by atoms with Crippen molar-refractivity contribution in [2.45, 2.75) is 13.1 Å². The van der Waals surface area contributed by atoms with Crippen LogP contribution in [0.1, 0.15) is 21.7 Å². The Morgan fingerprint density at radius 1 is 1.38 bits per heavy atom. The largest absolute Gasteiger partial charge is 0.465 e. The average Bonchev–Trinajstić information content (AvgIpc) is 2.78. The van der Waals surface area contributed by atoms with Crippen LogP contribution in [0.3, 0.4) is 0 Å². The highest BCUT2D eigenvalue weighted by atomic mass is 35.5. The standard InChI is InChI=1S/C13H9ClF3NO3/c1-6-9(12(19)20-2)11(18-21-6)10-7(13(15,16)17)4-3-5-8(10)14/h3-5H,1-2H3. The highest BCUT2D eigenvalue weighted by molar-refractivity contribution is 6.33. The number of carbonyl (C=O) groups is 1. The summed E-state index contributed by atoms with van der Waals surface area (Å²) in [4.78, 5) is 11.7. The van der Waals surface area contributed by atoms with E-state index in [0.717, 1.165) is 13.2 Å². The van der Waals surface area contributed by atoms with Gasteiger partial charge in [-0.05, 0) is 19.1 Å².